The zero-order chi connectivity index (χ0) is 13.1. The van der Waals surface area contributed by atoms with Gasteiger partial charge in [0.2, 0.25) is 0 Å². The van der Waals surface area contributed by atoms with Gasteiger partial charge in [-0.05, 0) is 50.1 Å². The van der Waals surface area contributed by atoms with Crippen LogP contribution in [0.2, 0.25) is 0 Å². The van der Waals surface area contributed by atoms with Gasteiger partial charge in [-0.25, -0.2) is 4.98 Å². The molecule has 0 unspecified atom stereocenters. The number of aryl methyl sites for hydroxylation is 2. The Hall–Kier alpha value is -1.32. The Morgan fingerprint density at radius 1 is 1.17 bits per heavy atom. The molecule has 0 amide bonds. The van der Waals surface area contributed by atoms with E-state index < -0.39 is 0 Å². The summed E-state index contributed by atoms with van der Waals surface area (Å²) in [7, 11) is 0. The van der Waals surface area contributed by atoms with Crippen LogP contribution < -0.4 is 5.73 Å². The molecule has 0 radical (unpaired) electrons. The van der Waals surface area contributed by atoms with Crippen molar-refractivity contribution in [3.63, 3.8) is 0 Å². The van der Waals surface area contributed by atoms with E-state index in [1.807, 2.05) is 25.3 Å². The molecule has 0 aliphatic rings. The Bertz CT molecular complexity index is 550. The van der Waals surface area contributed by atoms with Crippen LogP contribution in [-0.2, 0) is 0 Å². The highest BCUT2D eigenvalue weighted by Gasteiger charge is 2.09. The predicted octanol–water partition coefficient (Wildman–Crippen LogP) is 3.87. The molecule has 2 aromatic rings. The molecule has 0 fully saturated rings. The zero-order valence-corrected chi connectivity index (χ0v) is 11.8. The third kappa shape index (κ3) is 2.92. The normalized spacial score (nSPS) is 12.4. The Labute approximate surface area is 113 Å². The summed E-state index contributed by atoms with van der Waals surface area (Å²) >= 11 is 1.67. The lowest BCUT2D eigenvalue weighted by Gasteiger charge is -2.11. The highest BCUT2D eigenvalue weighted by atomic mass is 32.2. The molecule has 0 saturated heterocycles. The summed E-state index contributed by atoms with van der Waals surface area (Å²) in [5, 5.41) is 0.996. The number of aromatic nitrogens is 1. The molecule has 1 aromatic carbocycles. The van der Waals surface area contributed by atoms with Crippen LogP contribution in [0, 0.1) is 13.8 Å². The Morgan fingerprint density at radius 2 is 1.94 bits per heavy atom. The number of nitrogens with zero attached hydrogens (tertiary/aromatic N) is 1. The molecule has 94 valence electrons. The SMILES string of the molecule is Cc1ccc(Sc2ncccc2[C@@H](C)N)cc1C. The fraction of sp³-hybridized carbons (Fsp3) is 0.267. The van der Waals surface area contributed by atoms with Gasteiger partial charge in [-0.15, -0.1) is 0 Å². The maximum absolute atomic E-state index is 5.97. The van der Waals surface area contributed by atoms with Crippen molar-refractivity contribution in [2.45, 2.75) is 36.7 Å². The van der Waals surface area contributed by atoms with E-state index in [1.54, 1.807) is 11.8 Å². The molecule has 1 atom stereocenters. The van der Waals surface area contributed by atoms with Gasteiger partial charge in [-0.3, -0.25) is 0 Å². The summed E-state index contributed by atoms with van der Waals surface area (Å²) in [5.41, 5.74) is 9.68. The Balaban J connectivity index is 2.31. The first-order valence-electron chi connectivity index (χ1n) is 6.03. The number of hydrogen-bond acceptors (Lipinski definition) is 3. The van der Waals surface area contributed by atoms with Crippen LogP contribution in [0.5, 0.6) is 0 Å². The van der Waals surface area contributed by atoms with Gasteiger partial charge in [0.05, 0.1) is 0 Å². The molecule has 0 bridgehead atoms. The summed E-state index contributed by atoms with van der Waals surface area (Å²) in [6, 6.07) is 10.5. The average molecular weight is 258 g/mol. The van der Waals surface area contributed by atoms with Crippen LogP contribution in [0.1, 0.15) is 29.7 Å². The third-order valence-electron chi connectivity index (χ3n) is 2.98. The second-order valence-electron chi connectivity index (χ2n) is 4.53. The smallest absolute Gasteiger partial charge is 0.105 e. The number of benzene rings is 1. The summed E-state index contributed by atoms with van der Waals surface area (Å²) in [4.78, 5) is 5.64. The van der Waals surface area contributed by atoms with Crippen molar-refractivity contribution in [2.24, 2.45) is 5.73 Å². The molecule has 2 N–H and O–H groups in total. The lowest BCUT2D eigenvalue weighted by atomic mass is 10.1. The minimum Gasteiger partial charge on any atom is -0.324 e. The van der Waals surface area contributed by atoms with E-state index >= 15 is 0 Å². The number of hydrogen-bond donors (Lipinski definition) is 1. The molecule has 0 spiro atoms. The number of pyridine rings is 1. The predicted molar refractivity (Wildman–Crippen MR) is 76.9 cm³/mol. The van der Waals surface area contributed by atoms with E-state index in [0.717, 1.165) is 10.6 Å². The second kappa shape index (κ2) is 5.55. The zero-order valence-electron chi connectivity index (χ0n) is 11.0. The fourth-order valence-electron chi connectivity index (χ4n) is 1.72. The largest absolute Gasteiger partial charge is 0.324 e. The first-order chi connectivity index (χ1) is 8.58. The molecule has 0 saturated carbocycles. The third-order valence-corrected chi connectivity index (χ3v) is 4.01. The summed E-state index contributed by atoms with van der Waals surface area (Å²) < 4.78 is 0. The van der Waals surface area contributed by atoms with Crippen LogP contribution in [0.4, 0.5) is 0 Å². The lowest BCUT2D eigenvalue weighted by Crippen LogP contribution is -2.07. The molecule has 2 rings (SSSR count). The molecule has 2 nitrogen and oxygen atoms in total. The molecule has 18 heavy (non-hydrogen) atoms. The summed E-state index contributed by atoms with van der Waals surface area (Å²) in [6.45, 7) is 6.24. The molecular formula is C15H18N2S. The summed E-state index contributed by atoms with van der Waals surface area (Å²) in [5.74, 6) is 0. The van der Waals surface area contributed by atoms with Crippen molar-refractivity contribution in [3.8, 4) is 0 Å². The van der Waals surface area contributed by atoms with E-state index in [-0.39, 0.29) is 6.04 Å². The van der Waals surface area contributed by atoms with E-state index in [4.69, 9.17) is 5.73 Å². The van der Waals surface area contributed by atoms with Crippen molar-refractivity contribution in [2.75, 3.05) is 0 Å². The van der Waals surface area contributed by atoms with Crippen LogP contribution in [-0.4, -0.2) is 4.98 Å². The van der Waals surface area contributed by atoms with Crippen LogP contribution in [0.3, 0.4) is 0 Å². The van der Waals surface area contributed by atoms with E-state index in [1.165, 1.54) is 16.0 Å². The quantitative estimate of drug-likeness (QED) is 0.908. The standard InChI is InChI=1S/C15H18N2S/c1-10-6-7-13(9-11(10)2)18-15-14(12(3)16)5-4-8-17-15/h4-9,12H,16H2,1-3H3/t12-/m1/s1. The van der Waals surface area contributed by atoms with Gasteiger partial charge >= 0.3 is 0 Å². The maximum Gasteiger partial charge on any atom is 0.105 e. The first kappa shape index (κ1) is 13.1. The Morgan fingerprint density at radius 3 is 2.61 bits per heavy atom. The van der Waals surface area contributed by atoms with Crippen molar-refractivity contribution < 1.29 is 0 Å². The maximum atomic E-state index is 5.97. The topological polar surface area (TPSA) is 38.9 Å². The highest BCUT2D eigenvalue weighted by molar-refractivity contribution is 7.99. The number of nitrogens with two attached hydrogens (primary N) is 1. The molecule has 0 aliphatic heterocycles. The number of rotatable bonds is 3. The second-order valence-corrected chi connectivity index (χ2v) is 5.60. The Kier molecular flexibility index (Phi) is 4.04. The van der Waals surface area contributed by atoms with E-state index in [9.17, 15) is 0 Å². The van der Waals surface area contributed by atoms with Gasteiger partial charge in [0.1, 0.15) is 5.03 Å². The lowest BCUT2D eigenvalue weighted by molar-refractivity contribution is 0.779. The highest BCUT2D eigenvalue weighted by Crippen LogP contribution is 2.31. The average Bonchev–Trinajstić information content (AvgIpc) is 2.34. The van der Waals surface area contributed by atoms with Crippen molar-refractivity contribution in [1.29, 1.82) is 0 Å². The van der Waals surface area contributed by atoms with E-state index in [0.29, 0.717) is 0 Å². The van der Waals surface area contributed by atoms with Crippen molar-refractivity contribution in [1.82, 2.24) is 4.98 Å². The van der Waals surface area contributed by atoms with Gasteiger partial charge in [0.25, 0.3) is 0 Å². The molecule has 0 aliphatic carbocycles. The van der Waals surface area contributed by atoms with E-state index in [2.05, 4.69) is 37.0 Å². The van der Waals surface area contributed by atoms with Gasteiger partial charge in [-0.1, -0.05) is 23.9 Å². The molecule has 1 heterocycles. The van der Waals surface area contributed by atoms with Crippen molar-refractivity contribution >= 4 is 11.8 Å². The minimum atomic E-state index is 0.00717. The molecule has 1 aromatic heterocycles. The van der Waals surface area contributed by atoms with Crippen LogP contribution in [0.15, 0.2) is 46.5 Å². The molecular weight excluding hydrogens is 240 g/mol. The van der Waals surface area contributed by atoms with Gasteiger partial charge in [0.15, 0.2) is 0 Å². The minimum absolute atomic E-state index is 0.00717. The fourth-order valence-corrected chi connectivity index (χ4v) is 2.80. The molecule has 3 heteroatoms. The van der Waals surface area contributed by atoms with Crippen LogP contribution in [0.25, 0.3) is 0 Å². The van der Waals surface area contributed by atoms with Crippen molar-refractivity contribution in [3.05, 3.63) is 53.2 Å². The van der Waals surface area contributed by atoms with Gasteiger partial charge in [0, 0.05) is 22.7 Å². The summed E-state index contributed by atoms with van der Waals surface area (Å²) in [6.07, 6.45) is 1.81. The van der Waals surface area contributed by atoms with Gasteiger partial charge < -0.3 is 5.73 Å². The van der Waals surface area contributed by atoms with Gasteiger partial charge in [-0.2, -0.15) is 0 Å². The first-order valence-corrected chi connectivity index (χ1v) is 6.85. The monoisotopic (exact) mass is 258 g/mol. The van der Waals surface area contributed by atoms with Crippen LogP contribution >= 0.6 is 11.8 Å².